The van der Waals surface area contributed by atoms with Crippen molar-refractivity contribution in [1.29, 1.82) is 0 Å². The number of hydrogen-bond acceptors (Lipinski definition) is 2. The summed E-state index contributed by atoms with van der Waals surface area (Å²) in [5.41, 5.74) is 2.45. The zero-order valence-electron chi connectivity index (χ0n) is 12.3. The molecule has 1 heterocycles. The second kappa shape index (κ2) is 5.74. The molecule has 1 aliphatic heterocycles. The summed E-state index contributed by atoms with van der Waals surface area (Å²) in [5, 5.41) is 3.49. The van der Waals surface area contributed by atoms with Gasteiger partial charge in [-0.05, 0) is 37.8 Å². The Morgan fingerprint density at radius 2 is 2.00 bits per heavy atom. The summed E-state index contributed by atoms with van der Waals surface area (Å²) in [5.74, 6) is 0.241. The van der Waals surface area contributed by atoms with Crippen molar-refractivity contribution in [3.8, 4) is 0 Å². The van der Waals surface area contributed by atoms with E-state index in [1.807, 2.05) is 17.0 Å². The molecule has 1 aliphatic rings. The maximum Gasteiger partial charge on any atom is 0.241 e. The molecule has 1 N–H and O–H groups in total. The van der Waals surface area contributed by atoms with Gasteiger partial charge in [0.25, 0.3) is 0 Å². The van der Waals surface area contributed by atoms with E-state index in [-0.39, 0.29) is 24.2 Å². The van der Waals surface area contributed by atoms with E-state index in [0.717, 1.165) is 12.8 Å². The minimum Gasteiger partial charge on any atom is -0.319 e. The van der Waals surface area contributed by atoms with Gasteiger partial charge in [-0.3, -0.25) is 10.1 Å². The molecule has 0 radical (unpaired) electrons. The highest BCUT2D eigenvalue weighted by Crippen LogP contribution is 2.31. The van der Waals surface area contributed by atoms with Gasteiger partial charge in [-0.15, -0.1) is 0 Å². The maximum absolute atomic E-state index is 12.5. The first-order valence-electron chi connectivity index (χ1n) is 7.23. The molecule has 1 fully saturated rings. The summed E-state index contributed by atoms with van der Waals surface area (Å²) >= 11 is 0. The van der Waals surface area contributed by atoms with Crippen LogP contribution in [0.2, 0.25) is 0 Å². The summed E-state index contributed by atoms with van der Waals surface area (Å²) in [6.07, 6.45) is 1.84. The van der Waals surface area contributed by atoms with E-state index < -0.39 is 0 Å². The average Bonchev–Trinajstić information content (AvgIpc) is 2.75. The summed E-state index contributed by atoms with van der Waals surface area (Å²) in [4.78, 5) is 14.5. The van der Waals surface area contributed by atoms with Crippen LogP contribution >= 0.6 is 0 Å². The molecule has 3 unspecified atom stereocenters. The lowest BCUT2D eigenvalue weighted by Gasteiger charge is -2.30. The van der Waals surface area contributed by atoms with Crippen LogP contribution in [-0.4, -0.2) is 22.9 Å². The highest BCUT2D eigenvalue weighted by Gasteiger charge is 2.40. The van der Waals surface area contributed by atoms with Crippen LogP contribution in [0, 0.1) is 6.92 Å². The predicted molar refractivity (Wildman–Crippen MR) is 77.7 cm³/mol. The van der Waals surface area contributed by atoms with Gasteiger partial charge < -0.3 is 4.90 Å². The van der Waals surface area contributed by atoms with Crippen molar-refractivity contribution in [1.82, 2.24) is 10.2 Å². The van der Waals surface area contributed by atoms with Gasteiger partial charge >= 0.3 is 0 Å². The molecular formula is C16H24N2O. The first-order chi connectivity index (χ1) is 9.10. The quantitative estimate of drug-likeness (QED) is 0.902. The third-order valence-corrected chi connectivity index (χ3v) is 4.15. The van der Waals surface area contributed by atoms with Gasteiger partial charge in [-0.2, -0.15) is 0 Å². The maximum atomic E-state index is 12.5. The molecule has 19 heavy (non-hydrogen) atoms. The van der Waals surface area contributed by atoms with Gasteiger partial charge in [-0.1, -0.05) is 38.1 Å². The predicted octanol–water partition coefficient (Wildman–Crippen LogP) is 3.00. The van der Waals surface area contributed by atoms with E-state index in [4.69, 9.17) is 0 Å². The number of carbonyl (C=O) groups excluding carboxylic acids is 1. The van der Waals surface area contributed by atoms with Crippen molar-refractivity contribution in [2.45, 2.75) is 58.8 Å². The number of benzene rings is 1. The Labute approximate surface area is 116 Å². The normalized spacial score (nSPS) is 24.8. The molecule has 0 saturated carbocycles. The largest absolute Gasteiger partial charge is 0.319 e. The van der Waals surface area contributed by atoms with Crippen LogP contribution in [0.1, 0.15) is 50.9 Å². The molecule has 1 amide bonds. The third kappa shape index (κ3) is 2.52. The van der Waals surface area contributed by atoms with Crippen molar-refractivity contribution in [2.24, 2.45) is 0 Å². The number of nitrogens with zero attached hydrogens (tertiary/aromatic N) is 1. The molecule has 1 aromatic carbocycles. The van der Waals surface area contributed by atoms with Crippen LogP contribution in [-0.2, 0) is 4.79 Å². The van der Waals surface area contributed by atoms with Crippen LogP contribution in [0.5, 0.6) is 0 Å². The standard InChI is InChI=1S/C16H24N2O/c1-5-12(4)18-15(17-14(6-2)16(18)19)13-10-8-7-9-11(13)3/h7-10,12,14-15,17H,5-6H2,1-4H3. The Bertz CT molecular complexity index is 458. The number of amides is 1. The molecule has 0 aliphatic carbocycles. The molecule has 0 aromatic heterocycles. The second-order valence-electron chi connectivity index (χ2n) is 5.39. The Kier molecular flexibility index (Phi) is 4.25. The van der Waals surface area contributed by atoms with Gasteiger partial charge in [-0.25, -0.2) is 0 Å². The summed E-state index contributed by atoms with van der Waals surface area (Å²) in [7, 11) is 0. The van der Waals surface area contributed by atoms with E-state index in [0.29, 0.717) is 0 Å². The number of aryl methyl sites for hydroxylation is 1. The fraction of sp³-hybridized carbons (Fsp3) is 0.562. The van der Waals surface area contributed by atoms with Crippen LogP contribution in [0.4, 0.5) is 0 Å². The summed E-state index contributed by atoms with van der Waals surface area (Å²) in [6, 6.07) is 8.53. The fourth-order valence-electron chi connectivity index (χ4n) is 2.74. The van der Waals surface area contributed by atoms with Gasteiger partial charge in [0.1, 0.15) is 6.17 Å². The van der Waals surface area contributed by atoms with E-state index in [2.05, 4.69) is 45.1 Å². The lowest BCUT2D eigenvalue weighted by atomic mass is 10.0. The number of hydrogen-bond donors (Lipinski definition) is 1. The topological polar surface area (TPSA) is 32.3 Å². The minimum atomic E-state index is -0.0430. The molecule has 3 nitrogen and oxygen atoms in total. The average molecular weight is 260 g/mol. The fourth-order valence-corrected chi connectivity index (χ4v) is 2.74. The van der Waals surface area contributed by atoms with Crippen LogP contribution in [0.25, 0.3) is 0 Å². The first-order valence-corrected chi connectivity index (χ1v) is 7.23. The van der Waals surface area contributed by atoms with E-state index >= 15 is 0 Å². The van der Waals surface area contributed by atoms with Gasteiger partial charge in [0, 0.05) is 6.04 Å². The Hall–Kier alpha value is -1.35. The highest BCUT2D eigenvalue weighted by atomic mass is 16.2. The molecule has 1 saturated heterocycles. The van der Waals surface area contributed by atoms with Crippen LogP contribution in [0.3, 0.4) is 0 Å². The van der Waals surface area contributed by atoms with Crippen LogP contribution in [0.15, 0.2) is 24.3 Å². The van der Waals surface area contributed by atoms with Crippen molar-refractivity contribution in [3.05, 3.63) is 35.4 Å². The first kappa shape index (κ1) is 14.1. The van der Waals surface area contributed by atoms with Crippen LogP contribution < -0.4 is 5.32 Å². The Morgan fingerprint density at radius 1 is 1.32 bits per heavy atom. The van der Waals surface area contributed by atoms with Gasteiger partial charge in [0.2, 0.25) is 5.91 Å². The highest BCUT2D eigenvalue weighted by molar-refractivity contribution is 5.84. The lowest BCUT2D eigenvalue weighted by molar-refractivity contribution is -0.132. The van der Waals surface area contributed by atoms with E-state index in [9.17, 15) is 4.79 Å². The molecule has 2 rings (SSSR count). The zero-order valence-corrected chi connectivity index (χ0v) is 12.3. The zero-order chi connectivity index (χ0) is 14.0. The van der Waals surface area contributed by atoms with E-state index in [1.165, 1.54) is 11.1 Å². The number of nitrogens with one attached hydrogen (secondary N) is 1. The Balaban J connectivity index is 2.37. The Morgan fingerprint density at radius 3 is 2.58 bits per heavy atom. The number of carbonyl (C=O) groups is 1. The molecule has 3 heteroatoms. The molecule has 0 spiro atoms. The number of rotatable bonds is 4. The molecule has 0 bridgehead atoms. The lowest BCUT2D eigenvalue weighted by Crippen LogP contribution is -2.38. The summed E-state index contributed by atoms with van der Waals surface area (Å²) < 4.78 is 0. The van der Waals surface area contributed by atoms with Crippen molar-refractivity contribution in [3.63, 3.8) is 0 Å². The van der Waals surface area contributed by atoms with Crippen molar-refractivity contribution >= 4 is 5.91 Å². The van der Waals surface area contributed by atoms with Crippen molar-refractivity contribution in [2.75, 3.05) is 0 Å². The van der Waals surface area contributed by atoms with Gasteiger partial charge in [0.05, 0.1) is 6.04 Å². The van der Waals surface area contributed by atoms with Gasteiger partial charge in [0.15, 0.2) is 0 Å². The SMILES string of the molecule is CCC1NC(c2ccccc2C)N(C(C)CC)C1=O. The third-order valence-electron chi connectivity index (χ3n) is 4.15. The molecule has 3 atom stereocenters. The monoisotopic (exact) mass is 260 g/mol. The molecule has 1 aromatic rings. The second-order valence-corrected chi connectivity index (χ2v) is 5.39. The molecule has 104 valence electrons. The smallest absolute Gasteiger partial charge is 0.241 e. The summed E-state index contributed by atoms with van der Waals surface area (Å²) in [6.45, 7) is 8.43. The van der Waals surface area contributed by atoms with Crippen molar-refractivity contribution < 1.29 is 4.79 Å². The van der Waals surface area contributed by atoms with E-state index in [1.54, 1.807) is 0 Å². The minimum absolute atomic E-state index is 0.0219. The molecular weight excluding hydrogens is 236 g/mol.